The lowest BCUT2D eigenvalue weighted by Crippen LogP contribution is -2.48. The SMILES string of the molecule is Cc1cc(C)c(Nc2ncc(C(=O)N3CCN(C=O)CC3)cn2)c(C)c1. The molecule has 1 aromatic carbocycles. The number of rotatable bonds is 4. The number of piperazine rings is 1. The summed E-state index contributed by atoms with van der Waals surface area (Å²) in [5.74, 6) is 0.354. The van der Waals surface area contributed by atoms with Gasteiger partial charge in [-0.05, 0) is 31.9 Å². The highest BCUT2D eigenvalue weighted by atomic mass is 16.2. The minimum Gasteiger partial charge on any atom is -0.342 e. The normalized spacial score (nSPS) is 14.3. The summed E-state index contributed by atoms with van der Waals surface area (Å²) in [6.45, 7) is 8.32. The number of carbonyl (C=O) groups excluding carboxylic acids is 2. The smallest absolute Gasteiger partial charge is 0.257 e. The molecule has 2 heterocycles. The van der Waals surface area contributed by atoms with Crippen LogP contribution in [0.25, 0.3) is 0 Å². The Kier molecular flexibility index (Phi) is 5.16. The van der Waals surface area contributed by atoms with Crippen molar-refractivity contribution >= 4 is 24.0 Å². The molecule has 2 aromatic rings. The van der Waals surface area contributed by atoms with Gasteiger partial charge in [0.1, 0.15) is 0 Å². The van der Waals surface area contributed by atoms with Gasteiger partial charge in [-0.15, -0.1) is 0 Å². The standard InChI is InChI=1S/C19H23N5O2/c1-13-8-14(2)17(15(3)9-13)22-19-20-10-16(11-21-19)18(26)24-6-4-23(12-25)5-7-24/h8-12H,4-7H2,1-3H3,(H,20,21,22). The van der Waals surface area contributed by atoms with Crippen molar-refractivity contribution in [2.24, 2.45) is 0 Å². The maximum absolute atomic E-state index is 12.5. The number of hydrogen-bond acceptors (Lipinski definition) is 5. The summed E-state index contributed by atoms with van der Waals surface area (Å²) in [5, 5.41) is 3.23. The Bertz CT molecular complexity index is 788. The lowest BCUT2D eigenvalue weighted by atomic mass is 10.1. The molecule has 1 N–H and O–H groups in total. The van der Waals surface area contributed by atoms with Gasteiger partial charge >= 0.3 is 0 Å². The maximum atomic E-state index is 12.5. The third-order valence-electron chi connectivity index (χ3n) is 4.56. The number of anilines is 2. The summed E-state index contributed by atoms with van der Waals surface area (Å²) < 4.78 is 0. The van der Waals surface area contributed by atoms with Gasteiger partial charge in [-0.1, -0.05) is 17.7 Å². The van der Waals surface area contributed by atoms with Crippen LogP contribution in [-0.4, -0.2) is 58.3 Å². The van der Waals surface area contributed by atoms with E-state index in [1.807, 2.05) is 13.8 Å². The van der Waals surface area contributed by atoms with Crippen molar-refractivity contribution < 1.29 is 9.59 Å². The zero-order valence-electron chi connectivity index (χ0n) is 15.3. The molecule has 1 aromatic heterocycles. The van der Waals surface area contributed by atoms with Gasteiger partial charge in [0.25, 0.3) is 5.91 Å². The van der Waals surface area contributed by atoms with Gasteiger partial charge in [-0.2, -0.15) is 0 Å². The molecular formula is C19H23N5O2. The lowest BCUT2D eigenvalue weighted by Gasteiger charge is -2.32. The zero-order chi connectivity index (χ0) is 18.7. The molecule has 7 heteroatoms. The van der Waals surface area contributed by atoms with Crippen LogP contribution in [0.5, 0.6) is 0 Å². The van der Waals surface area contributed by atoms with Crippen LogP contribution in [0.2, 0.25) is 0 Å². The first-order valence-corrected chi connectivity index (χ1v) is 8.63. The minimum atomic E-state index is -0.107. The second kappa shape index (κ2) is 7.51. The predicted octanol–water partition coefficient (Wildman–Crippen LogP) is 2.06. The molecule has 1 aliphatic heterocycles. The first-order valence-electron chi connectivity index (χ1n) is 8.63. The molecule has 1 saturated heterocycles. The zero-order valence-corrected chi connectivity index (χ0v) is 15.3. The van der Waals surface area contributed by atoms with Gasteiger partial charge in [0.05, 0.1) is 5.56 Å². The van der Waals surface area contributed by atoms with E-state index in [0.717, 1.165) is 23.2 Å². The highest BCUT2D eigenvalue weighted by molar-refractivity contribution is 5.93. The van der Waals surface area contributed by atoms with Crippen molar-refractivity contribution in [3.8, 4) is 0 Å². The molecule has 0 spiro atoms. The summed E-state index contributed by atoms with van der Waals surface area (Å²) in [6, 6.07) is 4.21. The van der Waals surface area contributed by atoms with Gasteiger partial charge in [0, 0.05) is 44.3 Å². The summed E-state index contributed by atoms with van der Waals surface area (Å²) in [6.07, 6.45) is 3.91. The number of aryl methyl sites for hydroxylation is 3. The van der Waals surface area contributed by atoms with Crippen LogP contribution in [-0.2, 0) is 4.79 Å². The minimum absolute atomic E-state index is 0.107. The second-order valence-corrected chi connectivity index (χ2v) is 6.63. The largest absolute Gasteiger partial charge is 0.342 e. The first-order chi connectivity index (χ1) is 12.5. The third kappa shape index (κ3) is 3.82. The molecule has 136 valence electrons. The molecule has 0 aliphatic carbocycles. The Labute approximate surface area is 153 Å². The quantitative estimate of drug-likeness (QED) is 0.851. The molecule has 0 bridgehead atoms. The summed E-state index contributed by atoms with van der Waals surface area (Å²) in [7, 11) is 0. The van der Waals surface area contributed by atoms with E-state index >= 15 is 0 Å². The Morgan fingerprint density at radius 2 is 1.62 bits per heavy atom. The average molecular weight is 353 g/mol. The van der Waals surface area contributed by atoms with Crippen molar-refractivity contribution in [3.63, 3.8) is 0 Å². The van der Waals surface area contributed by atoms with Gasteiger partial charge in [0.15, 0.2) is 0 Å². The van der Waals surface area contributed by atoms with E-state index in [-0.39, 0.29) is 5.91 Å². The van der Waals surface area contributed by atoms with Gasteiger partial charge in [-0.25, -0.2) is 9.97 Å². The highest BCUT2D eigenvalue weighted by Gasteiger charge is 2.21. The molecule has 3 rings (SSSR count). The molecule has 1 fully saturated rings. The number of amides is 2. The Balaban J connectivity index is 1.69. The molecule has 0 radical (unpaired) electrons. The molecule has 7 nitrogen and oxygen atoms in total. The number of aromatic nitrogens is 2. The van der Waals surface area contributed by atoms with E-state index in [2.05, 4.69) is 34.3 Å². The number of nitrogens with zero attached hydrogens (tertiary/aromatic N) is 4. The van der Waals surface area contributed by atoms with Crippen LogP contribution in [0.15, 0.2) is 24.5 Å². The molecule has 0 saturated carbocycles. The number of nitrogens with one attached hydrogen (secondary N) is 1. The second-order valence-electron chi connectivity index (χ2n) is 6.63. The molecule has 1 aliphatic rings. The van der Waals surface area contributed by atoms with E-state index < -0.39 is 0 Å². The van der Waals surface area contributed by atoms with Crippen LogP contribution in [0, 0.1) is 20.8 Å². The van der Waals surface area contributed by atoms with Gasteiger partial charge < -0.3 is 15.1 Å². The monoisotopic (exact) mass is 353 g/mol. The van der Waals surface area contributed by atoms with Gasteiger partial charge in [-0.3, -0.25) is 9.59 Å². The van der Waals surface area contributed by atoms with Crippen molar-refractivity contribution in [2.75, 3.05) is 31.5 Å². The predicted molar refractivity (Wildman–Crippen MR) is 99.5 cm³/mol. The van der Waals surface area contributed by atoms with Crippen molar-refractivity contribution in [3.05, 3.63) is 46.8 Å². The number of hydrogen-bond donors (Lipinski definition) is 1. The maximum Gasteiger partial charge on any atom is 0.257 e. The Morgan fingerprint density at radius 1 is 1.04 bits per heavy atom. The Morgan fingerprint density at radius 3 is 2.15 bits per heavy atom. The van der Waals surface area contributed by atoms with Crippen LogP contribution in [0.4, 0.5) is 11.6 Å². The lowest BCUT2D eigenvalue weighted by molar-refractivity contribution is -0.119. The molecule has 0 unspecified atom stereocenters. The summed E-state index contributed by atoms with van der Waals surface area (Å²) >= 11 is 0. The topological polar surface area (TPSA) is 78.4 Å². The molecule has 2 amide bonds. The van der Waals surface area contributed by atoms with E-state index in [4.69, 9.17) is 0 Å². The van der Waals surface area contributed by atoms with Crippen LogP contribution in [0.3, 0.4) is 0 Å². The van der Waals surface area contributed by atoms with Crippen molar-refractivity contribution in [2.45, 2.75) is 20.8 Å². The average Bonchev–Trinajstić information content (AvgIpc) is 2.64. The fraction of sp³-hybridized carbons (Fsp3) is 0.368. The van der Waals surface area contributed by atoms with Gasteiger partial charge in [0.2, 0.25) is 12.4 Å². The fourth-order valence-electron chi connectivity index (χ4n) is 3.21. The van der Waals surface area contributed by atoms with Crippen LogP contribution in [0.1, 0.15) is 27.0 Å². The Hall–Kier alpha value is -2.96. The fourth-order valence-corrected chi connectivity index (χ4v) is 3.21. The molecule has 26 heavy (non-hydrogen) atoms. The van der Waals surface area contributed by atoms with Crippen molar-refractivity contribution in [1.82, 2.24) is 19.8 Å². The highest BCUT2D eigenvalue weighted by Crippen LogP contribution is 2.24. The first kappa shape index (κ1) is 17.8. The van der Waals surface area contributed by atoms with E-state index in [1.165, 1.54) is 5.56 Å². The van der Waals surface area contributed by atoms with E-state index in [9.17, 15) is 9.59 Å². The summed E-state index contributed by atoms with van der Waals surface area (Å²) in [4.78, 5) is 35.3. The van der Waals surface area contributed by atoms with E-state index in [1.54, 1.807) is 22.2 Å². The number of carbonyl (C=O) groups is 2. The van der Waals surface area contributed by atoms with Crippen LogP contribution < -0.4 is 5.32 Å². The summed E-state index contributed by atoms with van der Waals surface area (Å²) in [5.41, 5.74) is 4.90. The molecule has 0 atom stereocenters. The van der Waals surface area contributed by atoms with E-state index in [0.29, 0.717) is 37.7 Å². The number of benzene rings is 1. The molecular weight excluding hydrogens is 330 g/mol. The van der Waals surface area contributed by atoms with Crippen molar-refractivity contribution in [1.29, 1.82) is 0 Å². The third-order valence-corrected chi connectivity index (χ3v) is 4.56. The van der Waals surface area contributed by atoms with Crippen LogP contribution >= 0.6 is 0 Å².